The highest BCUT2D eigenvalue weighted by Crippen LogP contribution is 2.30. The second kappa shape index (κ2) is 7.59. The van der Waals surface area contributed by atoms with Gasteiger partial charge in [0.1, 0.15) is 17.5 Å². The van der Waals surface area contributed by atoms with E-state index in [0.717, 1.165) is 5.39 Å². The number of para-hydroxylation sites is 1. The van der Waals surface area contributed by atoms with Crippen molar-refractivity contribution in [1.82, 2.24) is 4.98 Å². The van der Waals surface area contributed by atoms with Crippen LogP contribution in [0.15, 0.2) is 36.4 Å². The summed E-state index contributed by atoms with van der Waals surface area (Å²) in [5.41, 5.74) is 0.715. The Labute approximate surface area is 162 Å². The van der Waals surface area contributed by atoms with Gasteiger partial charge in [-0.05, 0) is 26.0 Å². The summed E-state index contributed by atoms with van der Waals surface area (Å²) in [7, 11) is 0. The van der Waals surface area contributed by atoms with Crippen LogP contribution in [0.2, 0.25) is 0 Å². The van der Waals surface area contributed by atoms with E-state index in [1.807, 2.05) is 12.1 Å². The number of rotatable bonds is 5. The van der Waals surface area contributed by atoms with Gasteiger partial charge in [0.15, 0.2) is 5.78 Å². The number of fused-ring (bicyclic) bond motifs is 1. The lowest BCUT2D eigenvalue weighted by atomic mass is 9.92. The highest BCUT2D eigenvalue weighted by atomic mass is 16.4. The van der Waals surface area contributed by atoms with E-state index in [1.165, 1.54) is 13.0 Å². The van der Waals surface area contributed by atoms with Crippen LogP contribution in [0.3, 0.4) is 0 Å². The van der Waals surface area contributed by atoms with E-state index in [4.69, 9.17) is 0 Å². The van der Waals surface area contributed by atoms with Crippen molar-refractivity contribution in [2.24, 2.45) is 5.92 Å². The Kier molecular flexibility index (Phi) is 5.38. The van der Waals surface area contributed by atoms with E-state index in [2.05, 4.69) is 4.98 Å². The molecule has 2 unspecified atom stereocenters. The first-order valence-electron chi connectivity index (χ1n) is 9.32. The van der Waals surface area contributed by atoms with E-state index in [1.54, 1.807) is 25.1 Å². The van der Waals surface area contributed by atoms with E-state index >= 15 is 0 Å². The number of ketones is 2. The summed E-state index contributed by atoms with van der Waals surface area (Å²) < 4.78 is -0.720. The maximum Gasteiger partial charge on any atom is 0.521 e. The number of aromatic nitrogens is 1. The summed E-state index contributed by atoms with van der Waals surface area (Å²) >= 11 is 0. The number of nitrogens with zero attached hydrogens (tertiary/aromatic N) is 2. The molecule has 7 nitrogen and oxygen atoms in total. The Hall–Kier alpha value is -2.93. The summed E-state index contributed by atoms with van der Waals surface area (Å²) in [6.07, 6.45) is -0.430. The highest BCUT2D eigenvalue weighted by molar-refractivity contribution is 6.11. The van der Waals surface area contributed by atoms with Gasteiger partial charge in [-0.2, -0.15) is 9.28 Å². The Balaban J connectivity index is 1.90. The summed E-state index contributed by atoms with van der Waals surface area (Å²) in [5, 5.41) is 10.6. The number of benzene rings is 1. The molecular weight excluding hydrogens is 360 g/mol. The first kappa shape index (κ1) is 19.8. The molecule has 2 heterocycles. The van der Waals surface area contributed by atoms with Crippen molar-refractivity contribution in [2.75, 3.05) is 6.54 Å². The molecule has 28 heavy (non-hydrogen) atoms. The SMILES string of the molecule is CC(=O)C(CC(=O)[N+]1(C(=O)O)CCC[C@H]1C)C(=O)c1ccc2ccccc2n1. The standard InChI is InChI=1S/C21H22N2O5/c1-13-6-5-11-23(13,21(27)28)19(25)12-16(14(2)24)20(26)18-10-9-15-7-3-4-8-17(15)22-18/h3-4,7-10,13,16H,5-6,11-12H2,1-2H3/p+1/t13-,16?,23?/m1/s1. The van der Waals surface area contributed by atoms with Gasteiger partial charge in [0.2, 0.25) is 0 Å². The third kappa shape index (κ3) is 3.33. The number of hydrogen-bond acceptors (Lipinski definition) is 5. The molecule has 3 atom stereocenters. The van der Waals surface area contributed by atoms with Crippen molar-refractivity contribution < 1.29 is 28.8 Å². The number of carboxylic acid groups (broad SMARTS) is 1. The van der Waals surface area contributed by atoms with Crippen molar-refractivity contribution in [3.8, 4) is 0 Å². The molecule has 1 fully saturated rings. The van der Waals surface area contributed by atoms with Gasteiger partial charge in [-0.25, -0.2) is 9.78 Å². The summed E-state index contributed by atoms with van der Waals surface area (Å²) in [6.45, 7) is 3.15. The zero-order valence-corrected chi connectivity index (χ0v) is 15.9. The minimum Gasteiger partial charge on any atom is -0.435 e. The predicted octanol–water partition coefficient (Wildman–Crippen LogP) is 3.22. The Morgan fingerprint density at radius 2 is 1.89 bits per heavy atom. The van der Waals surface area contributed by atoms with Crippen LogP contribution in [-0.4, -0.2) is 50.7 Å². The molecule has 1 aromatic carbocycles. The van der Waals surface area contributed by atoms with Crippen molar-refractivity contribution in [3.63, 3.8) is 0 Å². The second-order valence-corrected chi connectivity index (χ2v) is 7.38. The lowest BCUT2D eigenvalue weighted by Crippen LogP contribution is -2.59. The molecule has 0 spiro atoms. The fraction of sp³-hybridized carbons (Fsp3) is 0.381. The molecule has 0 saturated carbocycles. The van der Waals surface area contributed by atoms with Gasteiger partial charge in [0.05, 0.1) is 24.4 Å². The van der Waals surface area contributed by atoms with Gasteiger partial charge >= 0.3 is 12.0 Å². The number of Topliss-reactive ketones (excluding diaryl/α,β-unsaturated/α-hetero) is 2. The van der Waals surface area contributed by atoms with Crippen LogP contribution in [0.4, 0.5) is 4.79 Å². The molecule has 1 aliphatic rings. The summed E-state index contributed by atoms with van der Waals surface area (Å²) in [6, 6.07) is 10.2. The average Bonchev–Trinajstić information content (AvgIpc) is 3.07. The fourth-order valence-corrected chi connectivity index (χ4v) is 3.98. The van der Waals surface area contributed by atoms with E-state index in [-0.39, 0.29) is 18.3 Å². The molecule has 0 radical (unpaired) electrons. The Bertz CT molecular complexity index is 970. The van der Waals surface area contributed by atoms with Gasteiger partial charge in [-0.3, -0.25) is 9.59 Å². The van der Waals surface area contributed by atoms with Gasteiger partial charge in [0.25, 0.3) is 0 Å². The summed E-state index contributed by atoms with van der Waals surface area (Å²) in [5.74, 6) is -2.86. The van der Waals surface area contributed by atoms with E-state index < -0.39 is 40.4 Å². The largest absolute Gasteiger partial charge is 0.521 e. The molecular formula is C21H23N2O5+. The van der Waals surface area contributed by atoms with Gasteiger partial charge in [-0.1, -0.05) is 24.3 Å². The maximum absolute atomic E-state index is 12.9. The molecule has 3 rings (SSSR count). The molecule has 2 amide bonds. The number of quaternary nitrogens is 1. The number of hydrogen-bond donors (Lipinski definition) is 1. The van der Waals surface area contributed by atoms with Crippen LogP contribution >= 0.6 is 0 Å². The second-order valence-electron chi connectivity index (χ2n) is 7.38. The first-order chi connectivity index (χ1) is 13.3. The third-order valence-corrected chi connectivity index (χ3v) is 5.71. The van der Waals surface area contributed by atoms with Crippen LogP contribution in [0.1, 0.15) is 43.6 Å². The van der Waals surface area contributed by atoms with Crippen LogP contribution in [-0.2, 0) is 9.59 Å². The minimum atomic E-state index is -1.23. The molecule has 0 aliphatic carbocycles. The van der Waals surface area contributed by atoms with Gasteiger partial charge < -0.3 is 5.11 Å². The van der Waals surface area contributed by atoms with Crippen molar-refractivity contribution in [1.29, 1.82) is 0 Å². The van der Waals surface area contributed by atoms with Crippen molar-refractivity contribution in [2.45, 2.75) is 39.2 Å². The van der Waals surface area contributed by atoms with E-state index in [0.29, 0.717) is 18.4 Å². The monoisotopic (exact) mass is 383 g/mol. The van der Waals surface area contributed by atoms with Crippen molar-refractivity contribution in [3.05, 3.63) is 42.1 Å². The number of imide groups is 1. The lowest BCUT2D eigenvalue weighted by Gasteiger charge is -2.30. The molecule has 1 saturated heterocycles. The molecule has 2 aromatic rings. The fourth-order valence-electron chi connectivity index (χ4n) is 3.98. The zero-order valence-electron chi connectivity index (χ0n) is 15.9. The predicted molar refractivity (Wildman–Crippen MR) is 102 cm³/mol. The normalized spacial score (nSPS) is 22.7. The molecule has 7 heteroatoms. The number of carbonyl (C=O) groups excluding carboxylic acids is 3. The smallest absolute Gasteiger partial charge is 0.435 e. The van der Waals surface area contributed by atoms with Crippen LogP contribution in [0.5, 0.6) is 0 Å². The van der Waals surface area contributed by atoms with Gasteiger partial charge in [-0.15, -0.1) is 0 Å². The molecule has 1 aromatic heterocycles. The van der Waals surface area contributed by atoms with E-state index in [9.17, 15) is 24.3 Å². The minimum absolute atomic E-state index is 0.100. The number of likely N-dealkylation sites (tertiary alicyclic amines) is 1. The molecule has 1 aliphatic heterocycles. The topological polar surface area (TPSA) is 101 Å². The van der Waals surface area contributed by atoms with Gasteiger partial charge in [0, 0.05) is 18.2 Å². The molecule has 0 bridgehead atoms. The zero-order chi connectivity index (χ0) is 20.5. The lowest BCUT2D eigenvalue weighted by molar-refractivity contribution is -0.792. The van der Waals surface area contributed by atoms with Crippen LogP contribution in [0.25, 0.3) is 10.9 Å². The average molecular weight is 383 g/mol. The number of amides is 2. The molecule has 146 valence electrons. The van der Waals surface area contributed by atoms with Crippen molar-refractivity contribution >= 4 is 34.5 Å². The maximum atomic E-state index is 12.9. The number of pyridine rings is 1. The Morgan fingerprint density at radius 1 is 1.18 bits per heavy atom. The van der Waals surface area contributed by atoms with Crippen LogP contribution < -0.4 is 0 Å². The molecule has 1 N–H and O–H groups in total. The third-order valence-electron chi connectivity index (χ3n) is 5.71. The summed E-state index contributed by atoms with van der Waals surface area (Å²) in [4.78, 5) is 54.3. The number of carbonyl (C=O) groups is 4. The Morgan fingerprint density at radius 3 is 2.50 bits per heavy atom. The van der Waals surface area contributed by atoms with Crippen LogP contribution in [0, 0.1) is 5.92 Å². The quantitative estimate of drug-likeness (QED) is 0.483. The highest BCUT2D eigenvalue weighted by Gasteiger charge is 2.53. The first-order valence-corrected chi connectivity index (χ1v) is 9.32.